The topological polar surface area (TPSA) is 46.5 Å². The van der Waals surface area contributed by atoms with E-state index in [0.29, 0.717) is 18.3 Å². The molecule has 3 nitrogen and oxygen atoms in total. The van der Waals surface area contributed by atoms with Crippen molar-refractivity contribution < 1.29 is 14.6 Å². The average Bonchev–Trinajstić information content (AvgIpc) is 2.54. The van der Waals surface area contributed by atoms with E-state index in [1.54, 1.807) is 24.3 Å². The minimum atomic E-state index is -0.912. The van der Waals surface area contributed by atoms with E-state index in [-0.39, 0.29) is 5.56 Å². The number of hydrogen-bond donors (Lipinski definition) is 1. The molecule has 3 heteroatoms. The first-order valence-corrected chi connectivity index (χ1v) is 8.32. The molecule has 0 bridgehead atoms. The first-order chi connectivity index (χ1) is 10.7. The number of carboxylic acids is 1. The SMILES string of the molecule is CCCC1CCC(C=CCOc2ccc(C(=O)O)cc2)CC1. The Labute approximate surface area is 133 Å². The fraction of sp³-hybridized carbons (Fsp3) is 0.526. The van der Waals surface area contributed by atoms with Crippen LogP contribution in [0.1, 0.15) is 55.8 Å². The molecule has 22 heavy (non-hydrogen) atoms. The van der Waals surface area contributed by atoms with Crippen LogP contribution < -0.4 is 4.74 Å². The van der Waals surface area contributed by atoms with Gasteiger partial charge < -0.3 is 9.84 Å². The summed E-state index contributed by atoms with van der Waals surface area (Å²) in [7, 11) is 0. The molecular weight excluding hydrogens is 276 g/mol. The summed E-state index contributed by atoms with van der Waals surface area (Å²) in [5.74, 6) is 1.44. The van der Waals surface area contributed by atoms with Gasteiger partial charge in [-0.1, -0.05) is 31.9 Å². The van der Waals surface area contributed by atoms with Crippen molar-refractivity contribution >= 4 is 5.97 Å². The highest BCUT2D eigenvalue weighted by atomic mass is 16.5. The van der Waals surface area contributed by atoms with Crippen LogP contribution >= 0.6 is 0 Å². The smallest absolute Gasteiger partial charge is 0.335 e. The molecule has 1 fully saturated rings. The van der Waals surface area contributed by atoms with Gasteiger partial charge in [0.1, 0.15) is 12.4 Å². The lowest BCUT2D eigenvalue weighted by Gasteiger charge is -2.26. The molecule has 0 spiro atoms. The van der Waals surface area contributed by atoms with Crippen molar-refractivity contribution in [3.05, 3.63) is 42.0 Å². The Morgan fingerprint density at radius 3 is 2.50 bits per heavy atom. The van der Waals surface area contributed by atoms with Gasteiger partial charge in [0.25, 0.3) is 0 Å². The van der Waals surface area contributed by atoms with Gasteiger partial charge >= 0.3 is 5.97 Å². The van der Waals surface area contributed by atoms with E-state index in [4.69, 9.17) is 9.84 Å². The quantitative estimate of drug-likeness (QED) is 0.727. The van der Waals surface area contributed by atoms with Gasteiger partial charge in [-0.05, 0) is 61.8 Å². The zero-order valence-corrected chi connectivity index (χ0v) is 13.3. The van der Waals surface area contributed by atoms with Crippen molar-refractivity contribution in [3.63, 3.8) is 0 Å². The van der Waals surface area contributed by atoms with Crippen LogP contribution in [0.4, 0.5) is 0 Å². The Morgan fingerprint density at radius 2 is 1.91 bits per heavy atom. The molecule has 1 N–H and O–H groups in total. The number of hydrogen-bond acceptors (Lipinski definition) is 2. The van der Waals surface area contributed by atoms with Crippen LogP contribution in [-0.4, -0.2) is 17.7 Å². The highest BCUT2D eigenvalue weighted by Crippen LogP contribution is 2.32. The molecule has 0 heterocycles. The number of rotatable bonds is 7. The Morgan fingerprint density at radius 1 is 1.23 bits per heavy atom. The fourth-order valence-corrected chi connectivity index (χ4v) is 3.16. The monoisotopic (exact) mass is 302 g/mol. The van der Waals surface area contributed by atoms with Gasteiger partial charge in [-0.15, -0.1) is 0 Å². The molecule has 2 rings (SSSR count). The van der Waals surface area contributed by atoms with Gasteiger partial charge in [-0.25, -0.2) is 4.79 Å². The third-order valence-electron chi connectivity index (χ3n) is 4.44. The predicted molar refractivity (Wildman–Crippen MR) is 88.4 cm³/mol. The number of carboxylic acid groups (broad SMARTS) is 1. The van der Waals surface area contributed by atoms with E-state index in [0.717, 1.165) is 5.92 Å². The van der Waals surface area contributed by atoms with E-state index in [9.17, 15) is 4.79 Å². The van der Waals surface area contributed by atoms with Crippen LogP contribution in [0.15, 0.2) is 36.4 Å². The van der Waals surface area contributed by atoms with Crippen LogP contribution in [-0.2, 0) is 0 Å². The predicted octanol–water partition coefficient (Wildman–Crippen LogP) is 4.93. The lowest BCUT2D eigenvalue weighted by Crippen LogP contribution is -2.13. The molecular formula is C19H26O3. The van der Waals surface area contributed by atoms with Gasteiger partial charge in [0.2, 0.25) is 0 Å². The van der Waals surface area contributed by atoms with Crippen LogP contribution in [0.3, 0.4) is 0 Å². The summed E-state index contributed by atoms with van der Waals surface area (Å²) >= 11 is 0. The van der Waals surface area contributed by atoms with Crippen LogP contribution in [0.5, 0.6) is 5.75 Å². The third kappa shape index (κ3) is 5.21. The van der Waals surface area contributed by atoms with Crippen molar-refractivity contribution in [1.29, 1.82) is 0 Å². The summed E-state index contributed by atoms with van der Waals surface area (Å²) in [5.41, 5.74) is 0.284. The molecule has 0 unspecified atom stereocenters. The van der Waals surface area contributed by atoms with Crippen molar-refractivity contribution in [3.8, 4) is 5.75 Å². The highest BCUT2D eigenvalue weighted by molar-refractivity contribution is 5.87. The van der Waals surface area contributed by atoms with Gasteiger partial charge in [-0.3, -0.25) is 0 Å². The number of aromatic carboxylic acids is 1. The van der Waals surface area contributed by atoms with Gasteiger partial charge in [0.15, 0.2) is 0 Å². The van der Waals surface area contributed by atoms with Crippen molar-refractivity contribution in [1.82, 2.24) is 0 Å². The maximum absolute atomic E-state index is 10.8. The van der Waals surface area contributed by atoms with Crippen LogP contribution in [0.2, 0.25) is 0 Å². The Kier molecular flexibility index (Phi) is 6.50. The average molecular weight is 302 g/mol. The van der Waals surface area contributed by atoms with Crippen molar-refractivity contribution in [2.75, 3.05) is 6.61 Å². The zero-order valence-electron chi connectivity index (χ0n) is 13.3. The summed E-state index contributed by atoms with van der Waals surface area (Å²) in [6.07, 6.45) is 12.4. The summed E-state index contributed by atoms with van der Waals surface area (Å²) in [6, 6.07) is 6.53. The zero-order chi connectivity index (χ0) is 15.8. The maximum Gasteiger partial charge on any atom is 0.335 e. The van der Waals surface area contributed by atoms with Crippen LogP contribution in [0, 0.1) is 11.8 Å². The molecule has 0 saturated heterocycles. The summed E-state index contributed by atoms with van der Waals surface area (Å²) in [5, 5.41) is 8.83. The molecule has 1 saturated carbocycles. The molecule has 120 valence electrons. The molecule has 0 atom stereocenters. The van der Waals surface area contributed by atoms with Gasteiger partial charge in [0.05, 0.1) is 5.56 Å². The molecule has 0 aliphatic heterocycles. The normalized spacial score (nSPS) is 21.9. The lowest BCUT2D eigenvalue weighted by molar-refractivity contribution is 0.0697. The van der Waals surface area contributed by atoms with E-state index < -0.39 is 5.97 Å². The first-order valence-electron chi connectivity index (χ1n) is 8.32. The standard InChI is InChI=1S/C19H26O3/c1-2-4-15-6-8-16(9-7-15)5-3-14-22-18-12-10-17(11-13-18)19(20)21/h3,5,10-13,15-16H,2,4,6-9,14H2,1H3,(H,20,21). The second-order valence-electron chi connectivity index (χ2n) is 6.14. The molecule has 1 aliphatic rings. The number of allylic oxidation sites excluding steroid dienone is 1. The minimum absolute atomic E-state index is 0.284. The Balaban J connectivity index is 1.69. The van der Waals surface area contributed by atoms with E-state index >= 15 is 0 Å². The van der Waals surface area contributed by atoms with Crippen molar-refractivity contribution in [2.45, 2.75) is 45.4 Å². The summed E-state index contributed by atoms with van der Waals surface area (Å²) in [4.78, 5) is 10.8. The highest BCUT2D eigenvalue weighted by Gasteiger charge is 2.18. The molecule has 0 amide bonds. The van der Waals surface area contributed by atoms with E-state index in [1.165, 1.54) is 38.5 Å². The van der Waals surface area contributed by atoms with Crippen LogP contribution in [0.25, 0.3) is 0 Å². The fourth-order valence-electron chi connectivity index (χ4n) is 3.16. The number of benzene rings is 1. The van der Waals surface area contributed by atoms with Gasteiger partial charge in [-0.2, -0.15) is 0 Å². The van der Waals surface area contributed by atoms with Gasteiger partial charge in [0, 0.05) is 0 Å². The van der Waals surface area contributed by atoms with E-state index in [1.807, 2.05) is 0 Å². The molecule has 1 aromatic carbocycles. The molecule has 0 radical (unpaired) electrons. The molecule has 1 aliphatic carbocycles. The minimum Gasteiger partial charge on any atom is -0.490 e. The summed E-state index contributed by atoms with van der Waals surface area (Å²) < 4.78 is 5.61. The van der Waals surface area contributed by atoms with E-state index in [2.05, 4.69) is 19.1 Å². The third-order valence-corrected chi connectivity index (χ3v) is 4.44. The molecule has 1 aromatic rings. The van der Waals surface area contributed by atoms with Crippen molar-refractivity contribution in [2.24, 2.45) is 11.8 Å². The largest absolute Gasteiger partial charge is 0.490 e. The Hall–Kier alpha value is -1.77. The lowest BCUT2D eigenvalue weighted by atomic mass is 9.80. The second-order valence-corrected chi connectivity index (χ2v) is 6.14. The number of carbonyl (C=O) groups is 1. The number of ether oxygens (including phenoxy) is 1. The molecule has 0 aromatic heterocycles. The Bertz CT molecular complexity index is 482. The first kappa shape index (κ1) is 16.6. The second kappa shape index (κ2) is 8.62. The maximum atomic E-state index is 10.8. The summed E-state index contributed by atoms with van der Waals surface area (Å²) in [6.45, 7) is 2.81.